The van der Waals surface area contributed by atoms with Gasteiger partial charge in [0.2, 0.25) is 5.91 Å². The Morgan fingerprint density at radius 3 is 2.57 bits per heavy atom. The summed E-state index contributed by atoms with van der Waals surface area (Å²) in [4.78, 5) is 11.5. The molecular weight excluding hydrogens is 176 g/mol. The zero-order valence-electron chi connectivity index (χ0n) is 9.38. The summed E-state index contributed by atoms with van der Waals surface area (Å²) in [6.45, 7) is 6.28. The zero-order valence-corrected chi connectivity index (χ0v) is 9.38. The van der Waals surface area contributed by atoms with Crippen molar-refractivity contribution in [1.29, 1.82) is 0 Å². The van der Waals surface area contributed by atoms with Crippen LogP contribution in [0.25, 0.3) is 0 Å². The fraction of sp³-hybridized carbons (Fsp3) is 0.909. The zero-order chi connectivity index (χ0) is 10.4. The molecule has 0 aromatic heterocycles. The summed E-state index contributed by atoms with van der Waals surface area (Å²) in [7, 11) is 0. The van der Waals surface area contributed by atoms with E-state index < -0.39 is 0 Å². The van der Waals surface area contributed by atoms with Gasteiger partial charge in [-0.2, -0.15) is 0 Å². The second kappa shape index (κ2) is 6.02. The normalized spacial score (nSPS) is 20.4. The van der Waals surface area contributed by atoms with Crippen LogP contribution in [0.1, 0.15) is 46.0 Å². The van der Waals surface area contributed by atoms with Crippen molar-refractivity contribution in [2.75, 3.05) is 13.1 Å². The molecule has 3 nitrogen and oxygen atoms in total. The van der Waals surface area contributed by atoms with E-state index in [0.29, 0.717) is 12.3 Å². The average Bonchev–Trinajstić information content (AvgIpc) is 2.19. The van der Waals surface area contributed by atoms with Crippen LogP contribution in [0.5, 0.6) is 0 Å². The van der Waals surface area contributed by atoms with Crippen LogP contribution in [0.4, 0.5) is 0 Å². The van der Waals surface area contributed by atoms with Crippen molar-refractivity contribution in [3.05, 3.63) is 0 Å². The Bertz CT molecular complexity index is 176. The Kier molecular flexibility index (Phi) is 4.94. The molecule has 1 aliphatic rings. The van der Waals surface area contributed by atoms with E-state index >= 15 is 0 Å². The van der Waals surface area contributed by atoms with Gasteiger partial charge in [0.05, 0.1) is 0 Å². The van der Waals surface area contributed by atoms with Crippen LogP contribution in [0.3, 0.4) is 0 Å². The highest BCUT2D eigenvalue weighted by molar-refractivity contribution is 5.75. The summed E-state index contributed by atoms with van der Waals surface area (Å²) in [5, 5.41) is 2.06. The van der Waals surface area contributed by atoms with Crippen molar-refractivity contribution < 1.29 is 4.79 Å². The van der Waals surface area contributed by atoms with Crippen molar-refractivity contribution in [3.63, 3.8) is 0 Å². The maximum atomic E-state index is 11.5. The van der Waals surface area contributed by atoms with E-state index in [1.807, 2.05) is 0 Å². The van der Waals surface area contributed by atoms with Gasteiger partial charge in [-0.1, -0.05) is 26.7 Å². The van der Waals surface area contributed by atoms with Gasteiger partial charge >= 0.3 is 0 Å². The first-order valence-electron chi connectivity index (χ1n) is 5.76. The van der Waals surface area contributed by atoms with Crippen LogP contribution in [-0.2, 0) is 4.79 Å². The van der Waals surface area contributed by atoms with E-state index in [-0.39, 0.29) is 5.91 Å². The molecule has 3 heteroatoms. The molecule has 0 bridgehead atoms. The third-order valence-electron chi connectivity index (χ3n) is 2.87. The minimum Gasteiger partial charge on any atom is -0.289 e. The Balaban J connectivity index is 2.18. The Hall–Kier alpha value is -0.570. The van der Waals surface area contributed by atoms with Crippen LogP contribution < -0.4 is 5.43 Å². The molecule has 1 amide bonds. The topological polar surface area (TPSA) is 32.3 Å². The quantitative estimate of drug-likeness (QED) is 0.748. The van der Waals surface area contributed by atoms with Crippen molar-refractivity contribution in [1.82, 2.24) is 10.4 Å². The molecule has 0 aromatic rings. The number of carbonyl (C=O) groups excluding carboxylic acids is 1. The SMILES string of the molecule is CC[C@@H](C)CC(=O)NN1CCCCC1. The summed E-state index contributed by atoms with van der Waals surface area (Å²) in [5.74, 6) is 0.682. The molecule has 0 spiro atoms. The van der Waals surface area contributed by atoms with Gasteiger partial charge < -0.3 is 0 Å². The predicted molar refractivity (Wildman–Crippen MR) is 57.6 cm³/mol. The van der Waals surface area contributed by atoms with Crippen LogP contribution in [-0.4, -0.2) is 24.0 Å². The number of piperidine rings is 1. The summed E-state index contributed by atoms with van der Waals surface area (Å²) in [6, 6.07) is 0. The number of hydrogen-bond acceptors (Lipinski definition) is 2. The van der Waals surface area contributed by atoms with Gasteiger partial charge in [0, 0.05) is 19.5 Å². The van der Waals surface area contributed by atoms with Gasteiger partial charge in [-0.05, 0) is 18.8 Å². The summed E-state index contributed by atoms with van der Waals surface area (Å²) < 4.78 is 0. The van der Waals surface area contributed by atoms with Crippen molar-refractivity contribution >= 4 is 5.91 Å². The summed E-state index contributed by atoms with van der Waals surface area (Å²) in [6.07, 6.45) is 5.46. The Morgan fingerprint density at radius 1 is 1.36 bits per heavy atom. The largest absolute Gasteiger partial charge is 0.289 e. The fourth-order valence-electron chi connectivity index (χ4n) is 1.69. The van der Waals surface area contributed by atoms with E-state index in [9.17, 15) is 4.79 Å². The van der Waals surface area contributed by atoms with Gasteiger partial charge in [-0.25, -0.2) is 5.01 Å². The molecule has 0 aromatic carbocycles. The number of nitrogens with one attached hydrogen (secondary N) is 1. The van der Waals surface area contributed by atoms with Crippen LogP contribution in [0.2, 0.25) is 0 Å². The Labute approximate surface area is 86.8 Å². The van der Waals surface area contributed by atoms with E-state index in [0.717, 1.165) is 19.5 Å². The maximum absolute atomic E-state index is 11.5. The average molecular weight is 198 g/mol. The van der Waals surface area contributed by atoms with Crippen LogP contribution in [0, 0.1) is 5.92 Å². The lowest BCUT2D eigenvalue weighted by molar-refractivity contribution is -0.127. The molecule has 1 rings (SSSR count). The molecule has 1 N–H and O–H groups in total. The lowest BCUT2D eigenvalue weighted by atomic mass is 10.1. The molecule has 0 radical (unpaired) electrons. The molecule has 1 atom stereocenters. The molecule has 14 heavy (non-hydrogen) atoms. The van der Waals surface area contributed by atoms with E-state index in [1.54, 1.807) is 0 Å². The lowest BCUT2D eigenvalue weighted by Crippen LogP contribution is -2.45. The van der Waals surface area contributed by atoms with Gasteiger partial charge in [0.1, 0.15) is 0 Å². The lowest BCUT2D eigenvalue weighted by Gasteiger charge is -2.27. The highest BCUT2D eigenvalue weighted by Gasteiger charge is 2.13. The summed E-state index contributed by atoms with van der Waals surface area (Å²) in [5.41, 5.74) is 2.98. The molecule has 1 heterocycles. The molecule has 0 aliphatic carbocycles. The molecular formula is C11H22N2O. The van der Waals surface area contributed by atoms with Crippen molar-refractivity contribution in [2.45, 2.75) is 46.0 Å². The number of hydrazine groups is 1. The minimum absolute atomic E-state index is 0.182. The van der Waals surface area contributed by atoms with Crippen molar-refractivity contribution in [2.24, 2.45) is 5.92 Å². The van der Waals surface area contributed by atoms with Gasteiger partial charge in [0.15, 0.2) is 0 Å². The van der Waals surface area contributed by atoms with E-state index in [4.69, 9.17) is 0 Å². The first-order chi connectivity index (χ1) is 6.72. The highest BCUT2D eigenvalue weighted by Crippen LogP contribution is 2.08. The molecule has 1 fully saturated rings. The third kappa shape index (κ3) is 4.09. The highest BCUT2D eigenvalue weighted by atomic mass is 16.2. The number of amides is 1. The second-order valence-electron chi connectivity index (χ2n) is 4.30. The van der Waals surface area contributed by atoms with Gasteiger partial charge in [-0.15, -0.1) is 0 Å². The van der Waals surface area contributed by atoms with E-state index in [2.05, 4.69) is 24.3 Å². The van der Waals surface area contributed by atoms with Crippen molar-refractivity contribution in [3.8, 4) is 0 Å². The molecule has 0 saturated carbocycles. The monoisotopic (exact) mass is 198 g/mol. The van der Waals surface area contributed by atoms with Gasteiger partial charge in [0.25, 0.3) is 0 Å². The fourth-order valence-corrected chi connectivity index (χ4v) is 1.69. The maximum Gasteiger partial charge on any atom is 0.234 e. The summed E-state index contributed by atoms with van der Waals surface area (Å²) >= 11 is 0. The minimum atomic E-state index is 0.182. The first kappa shape index (κ1) is 11.5. The number of rotatable bonds is 4. The van der Waals surface area contributed by atoms with Crippen LogP contribution in [0.15, 0.2) is 0 Å². The van der Waals surface area contributed by atoms with E-state index in [1.165, 1.54) is 19.3 Å². The number of hydrogen-bond donors (Lipinski definition) is 1. The third-order valence-corrected chi connectivity index (χ3v) is 2.87. The molecule has 0 unspecified atom stereocenters. The molecule has 82 valence electrons. The number of carbonyl (C=O) groups is 1. The second-order valence-corrected chi connectivity index (χ2v) is 4.30. The smallest absolute Gasteiger partial charge is 0.234 e. The Morgan fingerprint density at radius 2 is 2.00 bits per heavy atom. The predicted octanol–water partition coefficient (Wildman–Crippen LogP) is 1.94. The number of nitrogens with zero attached hydrogens (tertiary/aromatic N) is 1. The first-order valence-corrected chi connectivity index (χ1v) is 5.76. The van der Waals surface area contributed by atoms with Gasteiger partial charge in [-0.3, -0.25) is 10.2 Å². The van der Waals surface area contributed by atoms with Crippen LogP contribution >= 0.6 is 0 Å². The standard InChI is InChI=1S/C11H22N2O/c1-3-10(2)9-11(14)12-13-7-5-4-6-8-13/h10H,3-9H2,1-2H3,(H,12,14)/t10-/m1/s1. The molecule has 1 aliphatic heterocycles. The molecule has 1 saturated heterocycles.